The van der Waals surface area contributed by atoms with Gasteiger partial charge in [0, 0.05) is 87.3 Å². The van der Waals surface area contributed by atoms with Gasteiger partial charge in [0.15, 0.2) is 0 Å². The number of halogens is 1. The van der Waals surface area contributed by atoms with Crippen molar-refractivity contribution in [3.63, 3.8) is 0 Å². The van der Waals surface area contributed by atoms with Gasteiger partial charge in [-0.05, 0) is 86.2 Å². The number of ether oxygens (including phenoxy) is 1. The topological polar surface area (TPSA) is 147 Å². The number of piperidine rings is 1. The number of benzene rings is 3. The number of amides is 5. The van der Waals surface area contributed by atoms with Gasteiger partial charge in [-0.2, -0.15) is 5.26 Å². The van der Waals surface area contributed by atoms with Crippen LogP contribution in [-0.2, 0) is 16.1 Å². The molecule has 3 aromatic rings. The quantitative estimate of drug-likeness (QED) is 0.351. The summed E-state index contributed by atoms with van der Waals surface area (Å²) in [4.78, 5) is 74.1. The van der Waals surface area contributed by atoms with Crippen molar-refractivity contribution in [3.05, 3.63) is 87.4 Å². The van der Waals surface area contributed by atoms with Crippen molar-refractivity contribution in [1.29, 1.82) is 5.26 Å². The second-order valence-corrected chi connectivity index (χ2v) is 15.7. The molecule has 0 radical (unpaired) electrons. The van der Waals surface area contributed by atoms with E-state index in [0.717, 1.165) is 92.4 Å². The van der Waals surface area contributed by atoms with Crippen LogP contribution in [0.2, 0.25) is 5.02 Å². The van der Waals surface area contributed by atoms with Gasteiger partial charge in [0.1, 0.15) is 17.9 Å². The average molecular weight is 762 g/mol. The molecular weight excluding hydrogens is 722 g/mol. The van der Waals surface area contributed by atoms with E-state index in [0.29, 0.717) is 34.5 Å². The Balaban J connectivity index is 0.755. The predicted octanol–water partition coefficient (Wildman–Crippen LogP) is 3.97. The standard InChI is InChI=1S/C41H40ClN7O6/c42-35-19-31(6-1-24(35)20-43)55-30-7-2-26(3-8-30)48-21-25-17-27(4-9-32(25)39(48)52)45-13-15-46(16-14-45)29-22-47(23-29)28-5-10-33-34(18-28)41(54)49(40(33)53)36-11-12-37(50)44-38(36)51/h1,4-6,9-10,17-19,26,29-30,36H,2-3,7-8,11-16,21-23H2,(H,44,50,51). The van der Waals surface area contributed by atoms with Crippen LogP contribution in [0.25, 0.3) is 0 Å². The van der Waals surface area contributed by atoms with Crippen molar-refractivity contribution in [1.82, 2.24) is 20.0 Å². The number of imide groups is 2. The van der Waals surface area contributed by atoms with Crippen molar-refractivity contribution in [3.8, 4) is 11.8 Å². The number of nitrogens with one attached hydrogen (secondary N) is 1. The van der Waals surface area contributed by atoms with E-state index in [1.807, 2.05) is 17.0 Å². The van der Waals surface area contributed by atoms with Crippen LogP contribution in [0.1, 0.15) is 80.7 Å². The molecule has 5 heterocycles. The summed E-state index contributed by atoms with van der Waals surface area (Å²) in [7, 11) is 0. The molecule has 1 aliphatic carbocycles. The number of piperazine rings is 1. The monoisotopic (exact) mass is 761 g/mol. The van der Waals surface area contributed by atoms with Crippen LogP contribution in [0.4, 0.5) is 11.4 Å². The van der Waals surface area contributed by atoms with Crippen molar-refractivity contribution >= 4 is 52.5 Å². The highest BCUT2D eigenvalue weighted by Gasteiger charge is 2.45. The van der Waals surface area contributed by atoms with Crippen LogP contribution in [0.3, 0.4) is 0 Å². The van der Waals surface area contributed by atoms with E-state index in [1.54, 1.807) is 30.3 Å². The minimum atomic E-state index is -0.977. The normalized spacial score (nSPS) is 24.4. The van der Waals surface area contributed by atoms with Gasteiger partial charge in [0.25, 0.3) is 17.7 Å². The Bertz CT molecular complexity index is 2170. The fourth-order valence-corrected chi connectivity index (χ4v) is 9.26. The first-order valence-electron chi connectivity index (χ1n) is 19.0. The zero-order valence-electron chi connectivity index (χ0n) is 30.2. The number of nitriles is 1. The lowest BCUT2D eigenvalue weighted by Gasteiger charge is -2.49. The summed E-state index contributed by atoms with van der Waals surface area (Å²) < 4.78 is 6.17. The summed E-state index contributed by atoms with van der Waals surface area (Å²) >= 11 is 6.19. The Morgan fingerprint density at radius 3 is 2.15 bits per heavy atom. The molecule has 3 saturated heterocycles. The third-order valence-corrected chi connectivity index (χ3v) is 12.5. The zero-order chi connectivity index (χ0) is 38.0. The first-order valence-corrected chi connectivity index (χ1v) is 19.4. The third-order valence-electron chi connectivity index (χ3n) is 12.2. The minimum absolute atomic E-state index is 0.0465. The van der Waals surface area contributed by atoms with Crippen LogP contribution in [0, 0.1) is 11.3 Å². The highest BCUT2D eigenvalue weighted by atomic mass is 35.5. The Labute approximate surface area is 323 Å². The fourth-order valence-electron chi connectivity index (χ4n) is 9.05. The van der Waals surface area contributed by atoms with E-state index in [4.69, 9.17) is 21.6 Å². The molecule has 282 valence electrons. The molecule has 9 rings (SSSR count). The van der Waals surface area contributed by atoms with Crippen molar-refractivity contribution in [2.75, 3.05) is 49.1 Å². The lowest BCUT2D eigenvalue weighted by atomic mass is 9.92. The molecule has 13 nitrogen and oxygen atoms in total. The van der Waals surface area contributed by atoms with Crippen LogP contribution < -0.4 is 19.9 Å². The number of carbonyl (C=O) groups excluding carboxylic acids is 5. The molecule has 0 aromatic heterocycles. The number of nitrogens with zero attached hydrogens (tertiary/aromatic N) is 6. The molecule has 0 bridgehead atoms. The van der Waals surface area contributed by atoms with Crippen LogP contribution in [0.5, 0.6) is 5.75 Å². The number of carbonyl (C=O) groups is 5. The molecule has 14 heteroatoms. The Hall–Kier alpha value is -5.45. The molecule has 3 aromatic carbocycles. The lowest BCUT2D eigenvalue weighted by molar-refractivity contribution is -0.136. The van der Waals surface area contributed by atoms with Gasteiger partial charge in [-0.1, -0.05) is 11.6 Å². The lowest BCUT2D eigenvalue weighted by Crippen LogP contribution is -2.63. The maximum Gasteiger partial charge on any atom is 0.262 e. The zero-order valence-corrected chi connectivity index (χ0v) is 31.0. The Morgan fingerprint density at radius 2 is 1.44 bits per heavy atom. The summed E-state index contributed by atoms with van der Waals surface area (Å²) in [5.74, 6) is -1.22. The highest BCUT2D eigenvalue weighted by Crippen LogP contribution is 2.36. The molecule has 5 aliphatic heterocycles. The molecular formula is C41H40ClN7O6. The maximum atomic E-state index is 13.5. The number of hydrogen-bond acceptors (Lipinski definition) is 10. The van der Waals surface area contributed by atoms with Gasteiger partial charge in [0.2, 0.25) is 11.8 Å². The van der Waals surface area contributed by atoms with Crippen molar-refractivity contribution in [2.45, 2.75) is 69.3 Å². The molecule has 1 unspecified atom stereocenters. The first-order chi connectivity index (χ1) is 26.6. The molecule has 5 amide bonds. The predicted molar refractivity (Wildman–Crippen MR) is 202 cm³/mol. The summed E-state index contributed by atoms with van der Waals surface area (Å²) in [6, 6.07) is 18.3. The minimum Gasteiger partial charge on any atom is -0.490 e. The number of fused-ring (bicyclic) bond motifs is 2. The molecule has 6 aliphatic rings. The van der Waals surface area contributed by atoms with Crippen LogP contribution in [0.15, 0.2) is 54.6 Å². The second kappa shape index (κ2) is 14.0. The third kappa shape index (κ3) is 6.37. The largest absolute Gasteiger partial charge is 0.490 e. The van der Waals surface area contributed by atoms with E-state index < -0.39 is 29.7 Å². The summed E-state index contributed by atoms with van der Waals surface area (Å²) in [6.07, 6.45) is 3.69. The molecule has 1 atom stereocenters. The van der Waals surface area contributed by atoms with E-state index >= 15 is 0 Å². The smallest absolute Gasteiger partial charge is 0.262 e. The van der Waals surface area contributed by atoms with Gasteiger partial charge >= 0.3 is 0 Å². The SMILES string of the molecule is N#Cc1ccc(OC2CCC(N3Cc4cc(N5CCN(C6CN(c7ccc8c(c7)C(=O)N(C7CCC(=O)NC7=O)C8=O)C6)CC5)ccc4C3=O)CC2)cc1Cl. The van der Waals surface area contributed by atoms with Gasteiger partial charge in [0.05, 0.1) is 27.8 Å². The Morgan fingerprint density at radius 1 is 0.727 bits per heavy atom. The molecule has 55 heavy (non-hydrogen) atoms. The van der Waals surface area contributed by atoms with Gasteiger partial charge in [-0.15, -0.1) is 0 Å². The molecule has 1 saturated carbocycles. The van der Waals surface area contributed by atoms with Crippen LogP contribution in [-0.4, -0.2) is 108 Å². The van der Waals surface area contributed by atoms with E-state index in [9.17, 15) is 24.0 Å². The van der Waals surface area contributed by atoms with E-state index in [-0.39, 0.29) is 36.5 Å². The maximum absolute atomic E-state index is 13.5. The number of anilines is 2. The molecule has 1 N–H and O–H groups in total. The second-order valence-electron chi connectivity index (χ2n) is 15.3. The van der Waals surface area contributed by atoms with Gasteiger partial charge in [-0.25, -0.2) is 0 Å². The number of hydrogen-bond donors (Lipinski definition) is 1. The fraction of sp³-hybridized carbons (Fsp3) is 0.415. The molecule has 0 spiro atoms. The van der Waals surface area contributed by atoms with Crippen molar-refractivity contribution in [2.24, 2.45) is 0 Å². The summed E-state index contributed by atoms with van der Waals surface area (Å²) in [5.41, 5.74) is 4.91. The number of rotatable bonds is 7. The Kier molecular flexibility index (Phi) is 8.98. The van der Waals surface area contributed by atoms with Crippen molar-refractivity contribution < 1.29 is 28.7 Å². The summed E-state index contributed by atoms with van der Waals surface area (Å²) in [6.45, 7) is 5.84. The average Bonchev–Trinajstić information content (AvgIpc) is 3.63. The highest BCUT2D eigenvalue weighted by molar-refractivity contribution is 6.31. The van der Waals surface area contributed by atoms with Crippen LogP contribution >= 0.6 is 11.6 Å². The van der Waals surface area contributed by atoms with Gasteiger partial charge in [-0.3, -0.25) is 39.1 Å². The molecule has 4 fully saturated rings. The van der Waals surface area contributed by atoms with E-state index in [2.05, 4.69) is 38.2 Å². The first kappa shape index (κ1) is 35.3. The van der Waals surface area contributed by atoms with E-state index in [1.165, 1.54) is 0 Å². The van der Waals surface area contributed by atoms with Gasteiger partial charge < -0.3 is 19.4 Å². The summed E-state index contributed by atoms with van der Waals surface area (Å²) in [5, 5.41) is 11.8.